The number of hydrogen-bond donors (Lipinski definition) is 0. The Labute approximate surface area is 71.6 Å². The summed E-state index contributed by atoms with van der Waals surface area (Å²) in [6.07, 6.45) is 7.86. The van der Waals surface area contributed by atoms with Crippen molar-refractivity contribution in [1.82, 2.24) is 0 Å². The number of aliphatic imine (C=N–C) groups is 1. The van der Waals surface area contributed by atoms with E-state index in [0.29, 0.717) is 6.10 Å². The van der Waals surface area contributed by atoms with Crippen LogP contribution < -0.4 is 0 Å². The van der Waals surface area contributed by atoms with Crippen molar-refractivity contribution in [2.45, 2.75) is 25.0 Å². The Kier molecular flexibility index (Phi) is 1.04. The highest BCUT2D eigenvalue weighted by Crippen LogP contribution is 2.51. The van der Waals surface area contributed by atoms with Crippen LogP contribution in [0.1, 0.15) is 13.3 Å². The van der Waals surface area contributed by atoms with Gasteiger partial charge in [0.2, 0.25) is 0 Å². The van der Waals surface area contributed by atoms with Crippen molar-refractivity contribution in [1.29, 1.82) is 0 Å². The van der Waals surface area contributed by atoms with Gasteiger partial charge in [-0.15, -0.1) is 0 Å². The lowest BCUT2D eigenvalue weighted by atomic mass is 9.92. The average Bonchev–Trinajstić information content (AvgIpc) is 2.72. The molecule has 1 fully saturated rings. The largest absolute Gasteiger partial charge is 0.354 e. The third-order valence-corrected chi connectivity index (χ3v) is 2.94. The summed E-state index contributed by atoms with van der Waals surface area (Å²) in [6.45, 7) is 2.99. The molecular formula is C10H11NO. The van der Waals surface area contributed by atoms with Crippen LogP contribution in [0.5, 0.6) is 0 Å². The molecule has 62 valence electrons. The maximum Gasteiger partial charge on any atom is 0.161 e. The number of rotatable bonds is 0. The van der Waals surface area contributed by atoms with Gasteiger partial charge in [-0.25, -0.2) is 0 Å². The third-order valence-electron chi connectivity index (χ3n) is 2.94. The van der Waals surface area contributed by atoms with Gasteiger partial charge in [-0.3, -0.25) is 4.99 Å². The first-order valence-electron chi connectivity index (χ1n) is 4.45. The summed E-state index contributed by atoms with van der Waals surface area (Å²) in [7, 11) is 0. The van der Waals surface area contributed by atoms with E-state index < -0.39 is 0 Å². The van der Waals surface area contributed by atoms with Crippen LogP contribution in [-0.4, -0.2) is 24.0 Å². The van der Waals surface area contributed by atoms with Crippen LogP contribution >= 0.6 is 0 Å². The SMILES string of the molecule is C/C=C1\C=CC2=NCC[C@H]3O[C@]213. The second-order valence-electron chi connectivity index (χ2n) is 3.48. The monoisotopic (exact) mass is 161 g/mol. The zero-order valence-electron chi connectivity index (χ0n) is 7.08. The zero-order chi connectivity index (χ0) is 8.18. The van der Waals surface area contributed by atoms with Gasteiger partial charge >= 0.3 is 0 Å². The summed E-state index contributed by atoms with van der Waals surface area (Å²) in [5.74, 6) is 0. The van der Waals surface area contributed by atoms with Gasteiger partial charge in [0.15, 0.2) is 5.60 Å². The van der Waals surface area contributed by atoms with Crippen molar-refractivity contribution < 1.29 is 4.74 Å². The molecule has 0 N–H and O–H groups in total. The lowest BCUT2D eigenvalue weighted by molar-refractivity contribution is 0.364. The molecule has 2 heterocycles. The number of ether oxygens (including phenoxy) is 1. The summed E-state index contributed by atoms with van der Waals surface area (Å²) in [5.41, 5.74) is 2.37. The fourth-order valence-electron chi connectivity index (χ4n) is 2.28. The van der Waals surface area contributed by atoms with Crippen LogP contribution in [0.4, 0.5) is 0 Å². The summed E-state index contributed by atoms with van der Waals surface area (Å²) in [5, 5.41) is 0. The molecule has 0 unspecified atom stereocenters. The molecule has 1 saturated heterocycles. The summed E-state index contributed by atoms with van der Waals surface area (Å²) >= 11 is 0. The molecule has 12 heavy (non-hydrogen) atoms. The Morgan fingerprint density at radius 1 is 1.67 bits per heavy atom. The molecule has 0 aromatic rings. The first-order valence-corrected chi connectivity index (χ1v) is 4.45. The molecule has 0 radical (unpaired) electrons. The number of hydrogen-bond acceptors (Lipinski definition) is 2. The van der Waals surface area contributed by atoms with Crippen molar-refractivity contribution in [2.24, 2.45) is 4.99 Å². The normalized spacial score (nSPS) is 45.6. The van der Waals surface area contributed by atoms with Crippen LogP contribution in [0.15, 0.2) is 28.8 Å². The fraction of sp³-hybridized carbons (Fsp3) is 0.500. The van der Waals surface area contributed by atoms with Gasteiger partial charge in [0.25, 0.3) is 0 Å². The first kappa shape index (κ1) is 6.61. The van der Waals surface area contributed by atoms with Crippen LogP contribution in [0.2, 0.25) is 0 Å². The van der Waals surface area contributed by atoms with E-state index in [2.05, 4.69) is 30.1 Å². The number of epoxide rings is 1. The molecule has 0 saturated carbocycles. The minimum Gasteiger partial charge on any atom is -0.354 e. The lowest BCUT2D eigenvalue weighted by Crippen LogP contribution is -2.27. The highest BCUT2D eigenvalue weighted by Gasteiger charge is 2.63. The molecule has 2 heteroatoms. The zero-order valence-corrected chi connectivity index (χ0v) is 7.08. The molecule has 0 bridgehead atoms. The Morgan fingerprint density at radius 2 is 2.58 bits per heavy atom. The number of allylic oxidation sites excluding steroid dienone is 1. The molecule has 2 nitrogen and oxygen atoms in total. The minimum atomic E-state index is -0.0764. The second-order valence-corrected chi connectivity index (χ2v) is 3.48. The average molecular weight is 161 g/mol. The van der Waals surface area contributed by atoms with E-state index in [1.54, 1.807) is 0 Å². The van der Waals surface area contributed by atoms with Crippen molar-refractivity contribution in [3.8, 4) is 0 Å². The molecule has 3 aliphatic rings. The minimum absolute atomic E-state index is 0.0764. The molecular weight excluding hydrogens is 150 g/mol. The number of nitrogens with zero attached hydrogens (tertiary/aromatic N) is 1. The van der Waals surface area contributed by atoms with Crippen LogP contribution in [-0.2, 0) is 4.74 Å². The Morgan fingerprint density at radius 3 is 3.42 bits per heavy atom. The van der Waals surface area contributed by atoms with Crippen molar-refractivity contribution in [3.05, 3.63) is 23.8 Å². The highest BCUT2D eigenvalue weighted by molar-refractivity contribution is 6.11. The van der Waals surface area contributed by atoms with Gasteiger partial charge in [0, 0.05) is 6.54 Å². The highest BCUT2D eigenvalue weighted by atomic mass is 16.6. The predicted octanol–water partition coefficient (Wildman–Crippen LogP) is 1.48. The van der Waals surface area contributed by atoms with Gasteiger partial charge in [-0.1, -0.05) is 12.2 Å². The molecule has 3 rings (SSSR count). The first-order chi connectivity index (χ1) is 5.88. The Hall–Kier alpha value is -0.890. The van der Waals surface area contributed by atoms with Crippen molar-refractivity contribution >= 4 is 5.71 Å². The van der Waals surface area contributed by atoms with E-state index in [0.717, 1.165) is 18.7 Å². The van der Waals surface area contributed by atoms with Crippen LogP contribution in [0.3, 0.4) is 0 Å². The van der Waals surface area contributed by atoms with E-state index in [4.69, 9.17) is 4.74 Å². The van der Waals surface area contributed by atoms with E-state index in [1.807, 2.05) is 0 Å². The molecule has 0 amide bonds. The third kappa shape index (κ3) is 0.547. The van der Waals surface area contributed by atoms with Crippen molar-refractivity contribution in [2.75, 3.05) is 6.54 Å². The molecule has 2 atom stereocenters. The maximum atomic E-state index is 5.73. The smallest absolute Gasteiger partial charge is 0.161 e. The summed E-state index contributed by atoms with van der Waals surface area (Å²) in [4.78, 5) is 4.47. The van der Waals surface area contributed by atoms with Gasteiger partial charge in [-0.05, 0) is 25.0 Å². The van der Waals surface area contributed by atoms with E-state index in [1.165, 1.54) is 5.57 Å². The van der Waals surface area contributed by atoms with E-state index in [9.17, 15) is 0 Å². The van der Waals surface area contributed by atoms with Gasteiger partial charge in [0.1, 0.15) is 6.10 Å². The Bertz CT molecular complexity index is 327. The quantitative estimate of drug-likeness (QED) is 0.494. The van der Waals surface area contributed by atoms with Gasteiger partial charge in [0.05, 0.1) is 5.71 Å². The van der Waals surface area contributed by atoms with Crippen molar-refractivity contribution in [3.63, 3.8) is 0 Å². The molecule has 0 aromatic carbocycles. The van der Waals surface area contributed by atoms with Crippen LogP contribution in [0.25, 0.3) is 0 Å². The lowest BCUT2D eigenvalue weighted by Gasteiger charge is -2.12. The molecule has 2 aliphatic heterocycles. The van der Waals surface area contributed by atoms with Gasteiger partial charge in [-0.2, -0.15) is 0 Å². The van der Waals surface area contributed by atoms with Crippen LogP contribution in [0, 0.1) is 0 Å². The second kappa shape index (κ2) is 1.88. The van der Waals surface area contributed by atoms with Gasteiger partial charge < -0.3 is 4.74 Å². The molecule has 1 spiro atoms. The fourth-order valence-corrected chi connectivity index (χ4v) is 2.28. The summed E-state index contributed by atoms with van der Waals surface area (Å²) in [6, 6.07) is 0. The van der Waals surface area contributed by atoms with E-state index >= 15 is 0 Å². The van der Waals surface area contributed by atoms with E-state index in [-0.39, 0.29) is 5.60 Å². The molecule has 1 aliphatic carbocycles. The Balaban J connectivity index is 2.14. The molecule has 0 aromatic heterocycles. The standard InChI is InChI=1S/C10H11NO/c1-2-7-3-4-8-10(7)9(12-10)5-6-11-8/h2-4,9H,5-6H2,1H3/b7-2+/t9-,10+/m1/s1. The summed E-state index contributed by atoms with van der Waals surface area (Å²) < 4.78 is 5.73. The maximum absolute atomic E-state index is 5.73. The topological polar surface area (TPSA) is 24.9 Å². The predicted molar refractivity (Wildman–Crippen MR) is 47.4 cm³/mol.